The summed E-state index contributed by atoms with van der Waals surface area (Å²) < 4.78 is 1.07. The fraction of sp³-hybridized carbons (Fsp3) is 0.400. The van der Waals surface area contributed by atoms with Crippen molar-refractivity contribution in [3.05, 3.63) is 34.8 Å². The Labute approximate surface area is 122 Å². The fourth-order valence-electron chi connectivity index (χ4n) is 2.57. The van der Waals surface area contributed by atoms with Gasteiger partial charge in [-0.3, -0.25) is 0 Å². The lowest BCUT2D eigenvalue weighted by molar-refractivity contribution is 0.270. The highest BCUT2D eigenvalue weighted by Crippen LogP contribution is 2.25. The monoisotopic (exact) mass is 319 g/mol. The summed E-state index contributed by atoms with van der Waals surface area (Å²) in [7, 11) is 0. The molecule has 0 saturated carbocycles. The van der Waals surface area contributed by atoms with E-state index in [4.69, 9.17) is 4.98 Å². The number of fused-ring (bicyclic) bond motifs is 1. The SMILES string of the molecule is CCN1CCN(c2ccc3cccc(Br)c3n2)CC1. The second-order valence-corrected chi connectivity index (χ2v) is 5.76. The maximum Gasteiger partial charge on any atom is 0.129 e. The van der Waals surface area contributed by atoms with Gasteiger partial charge in [0, 0.05) is 36.0 Å². The molecule has 2 aromatic rings. The maximum atomic E-state index is 4.81. The van der Waals surface area contributed by atoms with Crippen molar-refractivity contribution in [1.29, 1.82) is 0 Å². The van der Waals surface area contributed by atoms with Crippen molar-refractivity contribution in [2.24, 2.45) is 0 Å². The molecule has 0 bridgehead atoms. The zero-order valence-electron chi connectivity index (χ0n) is 11.1. The number of pyridine rings is 1. The Hall–Kier alpha value is -1.13. The van der Waals surface area contributed by atoms with Crippen LogP contribution < -0.4 is 4.90 Å². The van der Waals surface area contributed by atoms with Gasteiger partial charge in [-0.2, -0.15) is 0 Å². The van der Waals surface area contributed by atoms with E-state index in [0.717, 1.165) is 48.5 Å². The zero-order valence-corrected chi connectivity index (χ0v) is 12.7. The highest BCUT2D eigenvalue weighted by Gasteiger charge is 2.17. The topological polar surface area (TPSA) is 19.4 Å². The predicted octanol–water partition coefficient (Wildman–Crippen LogP) is 3.14. The van der Waals surface area contributed by atoms with E-state index < -0.39 is 0 Å². The molecule has 0 unspecified atom stereocenters. The number of rotatable bonds is 2. The predicted molar refractivity (Wildman–Crippen MR) is 83.8 cm³/mol. The van der Waals surface area contributed by atoms with Crippen LogP contribution in [0.3, 0.4) is 0 Å². The molecule has 1 saturated heterocycles. The standard InChI is InChI=1S/C15H18BrN3/c1-2-18-8-10-19(11-9-18)14-7-6-12-4-3-5-13(16)15(12)17-14/h3-7H,2,8-11H2,1H3. The first-order valence-corrected chi connectivity index (χ1v) is 7.60. The van der Waals surface area contributed by atoms with E-state index in [2.05, 4.69) is 50.9 Å². The average molecular weight is 320 g/mol. The third-order valence-electron chi connectivity index (χ3n) is 3.80. The number of piperazine rings is 1. The third kappa shape index (κ3) is 2.60. The summed E-state index contributed by atoms with van der Waals surface area (Å²) >= 11 is 3.59. The molecular weight excluding hydrogens is 302 g/mol. The molecule has 1 fully saturated rings. The van der Waals surface area contributed by atoms with Crippen LogP contribution >= 0.6 is 15.9 Å². The van der Waals surface area contributed by atoms with Crippen molar-refractivity contribution >= 4 is 32.7 Å². The molecule has 0 amide bonds. The smallest absolute Gasteiger partial charge is 0.129 e. The van der Waals surface area contributed by atoms with Crippen LogP contribution in [0.2, 0.25) is 0 Å². The summed E-state index contributed by atoms with van der Waals surface area (Å²) in [6, 6.07) is 10.5. The van der Waals surface area contributed by atoms with E-state index in [1.54, 1.807) is 0 Å². The van der Waals surface area contributed by atoms with E-state index in [9.17, 15) is 0 Å². The number of para-hydroxylation sites is 1. The van der Waals surface area contributed by atoms with Gasteiger partial charge in [0.05, 0.1) is 5.52 Å². The van der Waals surface area contributed by atoms with Crippen LogP contribution in [-0.2, 0) is 0 Å². The number of hydrogen-bond donors (Lipinski definition) is 0. The molecule has 4 heteroatoms. The lowest BCUT2D eigenvalue weighted by Crippen LogP contribution is -2.46. The van der Waals surface area contributed by atoms with Gasteiger partial charge in [0.15, 0.2) is 0 Å². The minimum atomic E-state index is 1.05. The molecule has 0 N–H and O–H groups in total. The molecule has 1 aliphatic rings. The van der Waals surface area contributed by atoms with E-state index in [1.807, 2.05) is 12.1 Å². The third-order valence-corrected chi connectivity index (χ3v) is 4.44. The Morgan fingerprint density at radius 3 is 2.63 bits per heavy atom. The van der Waals surface area contributed by atoms with Crippen LogP contribution in [0.4, 0.5) is 5.82 Å². The molecule has 1 aliphatic heterocycles. The van der Waals surface area contributed by atoms with Gasteiger partial charge in [-0.25, -0.2) is 4.98 Å². The number of hydrogen-bond acceptors (Lipinski definition) is 3. The van der Waals surface area contributed by atoms with Crippen molar-refractivity contribution in [3.63, 3.8) is 0 Å². The Morgan fingerprint density at radius 2 is 1.89 bits per heavy atom. The van der Waals surface area contributed by atoms with Crippen molar-refractivity contribution in [1.82, 2.24) is 9.88 Å². The second kappa shape index (κ2) is 5.47. The van der Waals surface area contributed by atoms with Crippen molar-refractivity contribution in [3.8, 4) is 0 Å². The number of aromatic nitrogens is 1. The van der Waals surface area contributed by atoms with Crippen molar-refractivity contribution in [2.75, 3.05) is 37.6 Å². The molecule has 0 aliphatic carbocycles. The van der Waals surface area contributed by atoms with Gasteiger partial charge in [-0.1, -0.05) is 19.1 Å². The minimum absolute atomic E-state index is 1.05. The maximum absolute atomic E-state index is 4.81. The summed E-state index contributed by atoms with van der Waals surface area (Å²) in [5, 5.41) is 1.19. The molecule has 19 heavy (non-hydrogen) atoms. The van der Waals surface area contributed by atoms with E-state index in [1.165, 1.54) is 5.39 Å². The van der Waals surface area contributed by atoms with Crippen LogP contribution in [-0.4, -0.2) is 42.6 Å². The summed E-state index contributed by atoms with van der Waals surface area (Å²) in [5.74, 6) is 1.09. The van der Waals surface area contributed by atoms with Crippen molar-refractivity contribution < 1.29 is 0 Å². The largest absolute Gasteiger partial charge is 0.354 e. The summed E-state index contributed by atoms with van der Waals surface area (Å²) in [4.78, 5) is 9.67. The molecule has 0 radical (unpaired) electrons. The van der Waals surface area contributed by atoms with Gasteiger partial charge < -0.3 is 9.80 Å². The summed E-state index contributed by atoms with van der Waals surface area (Å²) in [6.07, 6.45) is 0. The van der Waals surface area contributed by atoms with Gasteiger partial charge in [0.1, 0.15) is 5.82 Å². The van der Waals surface area contributed by atoms with Gasteiger partial charge in [-0.05, 0) is 40.7 Å². The van der Waals surface area contributed by atoms with Crippen LogP contribution in [0.5, 0.6) is 0 Å². The first kappa shape index (κ1) is 12.9. The number of anilines is 1. The highest BCUT2D eigenvalue weighted by molar-refractivity contribution is 9.10. The average Bonchev–Trinajstić information content (AvgIpc) is 2.47. The Bertz CT molecular complexity index is 577. The lowest BCUT2D eigenvalue weighted by Gasteiger charge is -2.34. The van der Waals surface area contributed by atoms with Crippen LogP contribution in [0.15, 0.2) is 34.8 Å². The van der Waals surface area contributed by atoms with E-state index in [0.29, 0.717) is 0 Å². The second-order valence-electron chi connectivity index (χ2n) is 4.90. The molecule has 100 valence electrons. The molecular formula is C15H18BrN3. The minimum Gasteiger partial charge on any atom is -0.354 e. The quantitative estimate of drug-likeness (QED) is 0.847. The normalized spacial score (nSPS) is 17.1. The highest BCUT2D eigenvalue weighted by atomic mass is 79.9. The molecule has 2 heterocycles. The van der Waals surface area contributed by atoms with Gasteiger partial charge >= 0.3 is 0 Å². The fourth-order valence-corrected chi connectivity index (χ4v) is 3.04. The number of benzene rings is 1. The summed E-state index contributed by atoms with van der Waals surface area (Å²) in [5.41, 5.74) is 1.05. The molecule has 0 spiro atoms. The van der Waals surface area contributed by atoms with Crippen molar-refractivity contribution in [2.45, 2.75) is 6.92 Å². The molecule has 3 rings (SSSR count). The summed E-state index contributed by atoms with van der Waals surface area (Å²) in [6.45, 7) is 7.76. The van der Waals surface area contributed by atoms with Crippen LogP contribution in [0, 0.1) is 0 Å². The molecule has 1 aromatic heterocycles. The van der Waals surface area contributed by atoms with Gasteiger partial charge in [0.2, 0.25) is 0 Å². The van der Waals surface area contributed by atoms with Gasteiger partial charge in [0.25, 0.3) is 0 Å². The first-order chi connectivity index (χ1) is 9.28. The van der Waals surface area contributed by atoms with Crippen LogP contribution in [0.25, 0.3) is 10.9 Å². The lowest BCUT2D eigenvalue weighted by atomic mass is 10.2. The number of halogens is 1. The molecule has 0 atom stereocenters. The Kier molecular flexibility index (Phi) is 3.71. The van der Waals surface area contributed by atoms with Crippen LogP contribution in [0.1, 0.15) is 6.92 Å². The number of nitrogens with zero attached hydrogens (tertiary/aromatic N) is 3. The van der Waals surface area contributed by atoms with E-state index in [-0.39, 0.29) is 0 Å². The van der Waals surface area contributed by atoms with E-state index >= 15 is 0 Å². The molecule has 1 aromatic carbocycles. The van der Waals surface area contributed by atoms with Gasteiger partial charge in [-0.15, -0.1) is 0 Å². The molecule has 3 nitrogen and oxygen atoms in total. The zero-order chi connectivity index (χ0) is 13.2. The Balaban J connectivity index is 1.87. The Morgan fingerprint density at radius 1 is 1.11 bits per heavy atom. The first-order valence-electron chi connectivity index (χ1n) is 6.80. The number of likely N-dealkylation sites (N-methyl/N-ethyl adjacent to an activating group) is 1.